The molecule has 0 radical (unpaired) electrons. The van der Waals surface area contributed by atoms with E-state index >= 15 is 0 Å². The van der Waals surface area contributed by atoms with Crippen molar-refractivity contribution in [3.63, 3.8) is 0 Å². The normalized spacial score (nSPS) is 14.2. The highest BCUT2D eigenvalue weighted by Gasteiger charge is 2.36. The smallest absolute Gasteiger partial charge is 0.293 e. The van der Waals surface area contributed by atoms with Crippen molar-refractivity contribution >= 4 is 46.3 Å². The monoisotopic (exact) mass is 503 g/mol. The number of para-hydroxylation sites is 2. The van der Waals surface area contributed by atoms with Gasteiger partial charge in [0.15, 0.2) is 6.61 Å². The molecule has 0 aliphatic carbocycles. The summed E-state index contributed by atoms with van der Waals surface area (Å²) in [5.74, 6) is -0.544. The summed E-state index contributed by atoms with van der Waals surface area (Å²) >= 11 is 0.740. The summed E-state index contributed by atoms with van der Waals surface area (Å²) in [5.41, 5.74) is 2.27. The summed E-state index contributed by atoms with van der Waals surface area (Å²) in [7, 11) is 0. The topological polar surface area (TPSA) is 119 Å². The second-order valence-corrected chi connectivity index (χ2v) is 8.89. The molecule has 10 heteroatoms. The molecule has 0 saturated carbocycles. The third-order valence-corrected chi connectivity index (χ3v) is 6.16. The van der Waals surface area contributed by atoms with Gasteiger partial charge in [0.25, 0.3) is 22.7 Å². The van der Waals surface area contributed by atoms with Gasteiger partial charge < -0.3 is 10.1 Å². The summed E-state index contributed by atoms with van der Waals surface area (Å²) in [6.45, 7) is 1.46. The predicted octanol–water partition coefficient (Wildman–Crippen LogP) is 5.16. The molecule has 4 rings (SSSR count). The lowest BCUT2D eigenvalue weighted by atomic mass is 10.1. The molecule has 0 unspecified atom stereocenters. The fourth-order valence-corrected chi connectivity index (χ4v) is 4.39. The zero-order chi connectivity index (χ0) is 25.7. The van der Waals surface area contributed by atoms with Gasteiger partial charge in [0.05, 0.1) is 16.4 Å². The van der Waals surface area contributed by atoms with E-state index in [1.807, 2.05) is 25.1 Å². The molecule has 0 bridgehead atoms. The molecule has 1 heterocycles. The Morgan fingerprint density at radius 2 is 1.83 bits per heavy atom. The van der Waals surface area contributed by atoms with Crippen LogP contribution in [-0.2, 0) is 16.1 Å². The number of amides is 3. The Morgan fingerprint density at radius 1 is 1.08 bits per heavy atom. The molecule has 1 saturated heterocycles. The van der Waals surface area contributed by atoms with E-state index < -0.39 is 16.1 Å². The fraction of sp³-hybridized carbons (Fsp3) is 0.115. The number of ether oxygens (including phenoxy) is 1. The van der Waals surface area contributed by atoms with Crippen molar-refractivity contribution in [3.05, 3.63) is 105 Å². The highest BCUT2D eigenvalue weighted by molar-refractivity contribution is 8.18. The van der Waals surface area contributed by atoms with Crippen LogP contribution < -0.4 is 10.1 Å². The molecule has 182 valence electrons. The second-order valence-electron chi connectivity index (χ2n) is 7.90. The number of hydrogen-bond donors (Lipinski definition) is 1. The van der Waals surface area contributed by atoms with Crippen molar-refractivity contribution in [3.8, 4) is 5.75 Å². The molecule has 3 aromatic rings. The van der Waals surface area contributed by atoms with E-state index in [0.717, 1.165) is 22.2 Å². The minimum Gasteiger partial charge on any atom is -0.483 e. The number of imide groups is 1. The number of aryl methyl sites for hydroxylation is 1. The number of carbonyl (C=O) groups is 3. The SMILES string of the molecule is Cc1cccc(NC(=O)COc2ccccc2/C=C2\SC(=O)N(Cc3ccccc3[N+](=O)[O-])C2=O)c1. The van der Waals surface area contributed by atoms with Gasteiger partial charge in [0.2, 0.25) is 0 Å². The molecule has 1 fully saturated rings. The summed E-state index contributed by atoms with van der Waals surface area (Å²) in [6, 6.07) is 20.2. The van der Waals surface area contributed by atoms with Gasteiger partial charge in [0, 0.05) is 22.9 Å². The minimum atomic E-state index is -0.560. The first-order valence-corrected chi connectivity index (χ1v) is 11.7. The first kappa shape index (κ1) is 24.7. The minimum absolute atomic E-state index is 0.152. The number of nitrogens with zero attached hydrogens (tertiary/aromatic N) is 2. The third kappa shape index (κ3) is 5.78. The number of nitro benzene ring substituents is 1. The van der Waals surface area contributed by atoms with Gasteiger partial charge in [-0.15, -0.1) is 0 Å². The van der Waals surface area contributed by atoms with E-state index in [1.54, 1.807) is 36.4 Å². The molecule has 0 atom stereocenters. The van der Waals surface area contributed by atoms with E-state index in [1.165, 1.54) is 24.3 Å². The third-order valence-electron chi connectivity index (χ3n) is 5.26. The van der Waals surface area contributed by atoms with Crippen LogP contribution in [0.4, 0.5) is 16.2 Å². The fourth-order valence-electron chi connectivity index (χ4n) is 3.56. The van der Waals surface area contributed by atoms with Gasteiger partial charge in [-0.1, -0.05) is 48.5 Å². The molecule has 0 spiro atoms. The molecule has 0 aromatic heterocycles. The van der Waals surface area contributed by atoms with Gasteiger partial charge in [-0.3, -0.25) is 29.4 Å². The van der Waals surface area contributed by atoms with Crippen LogP contribution in [0.25, 0.3) is 6.08 Å². The Balaban J connectivity index is 1.47. The summed E-state index contributed by atoms with van der Waals surface area (Å²) in [4.78, 5) is 49.7. The zero-order valence-electron chi connectivity index (χ0n) is 19.2. The van der Waals surface area contributed by atoms with Crippen LogP contribution in [0.1, 0.15) is 16.7 Å². The maximum Gasteiger partial charge on any atom is 0.293 e. The summed E-state index contributed by atoms with van der Waals surface area (Å²) in [6.07, 6.45) is 1.51. The van der Waals surface area contributed by atoms with Crippen LogP contribution in [0.3, 0.4) is 0 Å². The lowest BCUT2D eigenvalue weighted by molar-refractivity contribution is -0.385. The first-order chi connectivity index (χ1) is 17.3. The van der Waals surface area contributed by atoms with Gasteiger partial charge in [0.1, 0.15) is 5.75 Å². The summed E-state index contributed by atoms with van der Waals surface area (Å²) in [5, 5.41) is 13.5. The Kier molecular flexibility index (Phi) is 7.45. The lowest BCUT2D eigenvalue weighted by Gasteiger charge is -2.12. The van der Waals surface area contributed by atoms with Crippen molar-refractivity contribution in [2.45, 2.75) is 13.5 Å². The van der Waals surface area contributed by atoms with E-state index in [9.17, 15) is 24.5 Å². The number of anilines is 1. The molecule has 1 aliphatic heterocycles. The van der Waals surface area contributed by atoms with E-state index in [0.29, 0.717) is 17.0 Å². The molecule has 1 aliphatic rings. The van der Waals surface area contributed by atoms with E-state index in [2.05, 4.69) is 5.32 Å². The summed E-state index contributed by atoms with van der Waals surface area (Å²) < 4.78 is 5.69. The van der Waals surface area contributed by atoms with Crippen LogP contribution >= 0.6 is 11.8 Å². The van der Waals surface area contributed by atoms with Crippen molar-refractivity contribution < 1.29 is 24.0 Å². The molecular formula is C26H21N3O6S. The molecule has 1 N–H and O–H groups in total. The Bertz CT molecular complexity index is 1390. The Hall–Kier alpha value is -4.44. The second kappa shape index (κ2) is 10.9. The molecule has 36 heavy (non-hydrogen) atoms. The molecule has 3 aromatic carbocycles. The van der Waals surface area contributed by atoms with Crippen LogP contribution in [0.15, 0.2) is 77.7 Å². The largest absolute Gasteiger partial charge is 0.483 e. The number of carbonyl (C=O) groups excluding carboxylic acids is 3. The zero-order valence-corrected chi connectivity index (χ0v) is 20.0. The van der Waals surface area contributed by atoms with Crippen molar-refractivity contribution in [1.29, 1.82) is 0 Å². The van der Waals surface area contributed by atoms with E-state index in [4.69, 9.17) is 4.74 Å². The van der Waals surface area contributed by atoms with Crippen molar-refractivity contribution in [2.24, 2.45) is 0 Å². The first-order valence-electron chi connectivity index (χ1n) is 10.9. The molecule has 3 amide bonds. The van der Waals surface area contributed by atoms with Crippen LogP contribution in [0.5, 0.6) is 5.75 Å². The number of benzene rings is 3. The van der Waals surface area contributed by atoms with Crippen LogP contribution in [-0.4, -0.2) is 33.5 Å². The van der Waals surface area contributed by atoms with Gasteiger partial charge >= 0.3 is 0 Å². The lowest BCUT2D eigenvalue weighted by Crippen LogP contribution is -2.27. The predicted molar refractivity (Wildman–Crippen MR) is 136 cm³/mol. The number of nitrogens with one attached hydrogen (secondary N) is 1. The highest BCUT2D eigenvalue weighted by Crippen LogP contribution is 2.35. The average Bonchev–Trinajstić information content (AvgIpc) is 3.11. The molecule has 9 nitrogen and oxygen atoms in total. The standard InChI is InChI=1S/C26H21N3O6S/c1-17-7-6-10-20(13-17)27-24(30)16-35-22-12-5-3-8-18(22)14-23-25(31)28(26(32)36-23)15-19-9-2-4-11-21(19)29(33)34/h2-14H,15-16H2,1H3,(H,27,30)/b23-14-. The Morgan fingerprint density at radius 3 is 2.61 bits per heavy atom. The van der Waals surface area contributed by atoms with Crippen molar-refractivity contribution in [2.75, 3.05) is 11.9 Å². The molecular weight excluding hydrogens is 482 g/mol. The highest BCUT2D eigenvalue weighted by atomic mass is 32.2. The maximum atomic E-state index is 13.0. The Labute approximate surface area is 210 Å². The van der Waals surface area contributed by atoms with Gasteiger partial charge in [-0.25, -0.2) is 0 Å². The average molecular weight is 504 g/mol. The number of hydrogen-bond acceptors (Lipinski definition) is 7. The number of thioether (sulfide) groups is 1. The van der Waals surface area contributed by atoms with Crippen molar-refractivity contribution in [1.82, 2.24) is 4.90 Å². The quantitative estimate of drug-likeness (QED) is 0.256. The van der Waals surface area contributed by atoms with Gasteiger partial charge in [-0.2, -0.15) is 0 Å². The van der Waals surface area contributed by atoms with Crippen LogP contribution in [0.2, 0.25) is 0 Å². The van der Waals surface area contributed by atoms with Crippen LogP contribution in [0, 0.1) is 17.0 Å². The number of rotatable bonds is 8. The van der Waals surface area contributed by atoms with E-state index in [-0.39, 0.29) is 35.2 Å². The number of nitro groups is 1. The maximum absolute atomic E-state index is 13.0. The van der Waals surface area contributed by atoms with Gasteiger partial charge in [-0.05, 0) is 48.5 Å².